The number of amides is 2. The minimum absolute atomic E-state index is 0.0151. The first kappa shape index (κ1) is 11.1. The number of nitrogens with one attached hydrogen (secondary N) is 3. The first-order valence-corrected chi connectivity index (χ1v) is 6.79. The van der Waals surface area contributed by atoms with E-state index in [1.165, 1.54) is 12.2 Å². The topological polar surface area (TPSA) is 53.2 Å². The van der Waals surface area contributed by atoms with Crippen molar-refractivity contribution in [2.75, 3.05) is 18.8 Å². The number of rotatable bonds is 2. The van der Waals surface area contributed by atoms with E-state index in [1.807, 2.05) is 11.8 Å². The summed E-state index contributed by atoms with van der Waals surface area (Å²) in [7, 11) is 0. The minimum atomic E-state index is 0.0151. The molecule has 4 nitrogen and oxygen atoms in total. The lowest BCUT2D eigenvalue weighted by Gasteiger charge is -2.24. The van der Waals surface area contributed by atoms with Crippen LogP contribution in [0.2, 0.25) is 0 Å². The highest BCUT2D eigenvalue weighted by Crippen LogP contribution is 2.23. The summed E-state index contributed by atoms with van der Waals surface area (Å²) in [6.45, 7) is 2.03. The molecular formula is C10H19N3OS. The number of hydrogen-bond acceptors (Lipinski definition) is 3. The third kappa shape index (κ3) is 3.57. The van der Waals surface area contributed by atoms with Gasteiger partial charge in [0.05, 0.1) is 5.37 Å². The van der Waals surface area contributed by atoms with Crippen molar-refractivity contribution in [2.45, 2.75) is 37.1 Å². The summed E-state index contributed by atoms with van der Waals surface area (Å²) in [6, 6.07) is 0.374. The van der Waals surface area contributed by atoms with Gasteiger partial charge < -0.3 is 16.0 Å². The Morgan fingerprint density at radius 3 is 2.67 bits per heavy atom. The van der Waals surface area contributed by atoms with Crippen LogP contribution in [0, 0.1) is 0 Å². The molecule has 0 aliphatic carbocycles. The van der Waals surface area contributed by atoms with Crippen LogP contribution < -0.4 is 16.0 Å². The fourth-order valence-electron chi connectivity index (χ4n) is 2.03. The van der Waals surface area contributed by atoms with Gasteiger partial charge in [-0.1, -0.05) is 0 Å². The predicted octanol–water partition coefficient (Wildman–Crippen LogP) is 0.891. The first-order chi connectivity index (χ1) is 7.34. The van der Waals surface area contributed by atoms with Crippen molar-refractivity contribution in [3.63, 3.8) is 0 Å². The maximum absolute atomic E-state index is 11.6. The molecule has 2 aliphatic rings. The van der Waals surface area contributed by atoms with Gasteiger partial charge in [0.2, 0.25) is 0 Å². The van der Waals surface area contributed by atoms with E-state index in [0.29, 0.717) is 11.4 Å². The van der Waals surface area contributed by atoms with Gasteiger partial charge in [-0.2, -0.15) is 0 Å². The largest absolute Gasteiger partial charge is 0.335 e. The van der Waals surface area contributed by atoms with Crippen LogP contribution in [0.3, 0.4) is 0 Å². The number of piperidine rings is 1. The van der Waals surface area contributed by atoms with Crippen LogP contribution >= 0.6 is 11.8 Å². The predicted molar refractivity (Wildman–Crippen MR) is 63.0 cm³/mol. The molecule has 0 bridgehead atoms. The first-order valence-electron chi connectivity index (χ1n) is 5.74. The standard InChI is InChI=1S/C10H19N3OS/c14-10(13-9-2-1-7-15-9)12-8-3-5-11-6-4-8/h8-9,11H,1-7H2,(H2,12,13,14). The van der Waals surface area contributed by atoms with E-state index in [0.717, 1.165) is 32.4 Å². The van der Waals surface area contributed by atoms with E-state index < -0.39 is 0 Å². The Hall–Kier alpha value is -0.420. The van der Waals surface area contributed by atoms with Crippen LogP contribution in [0.15, 0.2) is 0 Å². The second kappa shape index (κ2) is 5.61. The summed E-state index contributed by atoms with van der Waals surface area (Å²) in [5.74, 6) is 1.18. The molecule has 86 valence electrons. The van der Waals surface area contributed by atoms with Crippen molar-refractivity contribution in [2.24, 2.45) is 0 Å². The number of carbonyl (C=O) groups is 1. The van der Waals surface area contributed by atoms with Crippen molar-refractivity contribution in [3.05, 3.63) is 0 Å². The van der Waals surface area contributed by atoms with Gasteiger partial charge in [-0.3, -0.25) is 0 Å². The highest BCUT2D eigenvalue weighted by molar-refractivity contribution is 8.00. The van der Waals surface area contributed by atoms with E-state index in [2.05, 4.69) is 16.0 Å². The van der Waals surface area contributed by atoms with Crippen LogP contribution in [0.4, 0.5) is 4.79 Å². The van der Waals surface area contributed by atoms with E-state index in [1.54, 1.807) is 0 Å². The van der Waals surface area contributed by atoms with Gasteiger partial charge in [0.15, 0.2) is 0 Å². The van der Waals surface area contributed by atoms with E-state index in [9.17, 15) is 4.79 Å². The lowest BCUT2D eigenvalue weighted by atomic mass is 10.1. The van der Waals surface area contributed by atoms with Gasteiger partial charge in [0.25, 0.3) is 0 Å². The van der Waals surface area contributed by atoms with Crippen molar-refractivity contribution < 1.29 is 4.79 Å². The van der Waals surface area contributed by atoms with E-state index in [-0.39, 0.29) is 6.03 Å². The number of hydrogen-bond donors (Lipinski definition) is 3. The second-order valence-electron chi connectivity index (χ2n) is 4.14. The molecule has 0 aromatic carbocycles. The lowest BCUT2D eigenvalue weighted by Crippen LogP contribution is -2.48. The number of carbonyl (C=O) groups excluding carboxylic acids is 1. The van der Waals surface area contributed by atoms with Crippen LogP contribution in [-0.2, 0) is 0 Å². The second-order valence-corrected chi connectivity index (χ2v) is 5.45. The fourth-order valence-corrected chi connectivity index (χ4v) is 3.17. The molecule has 0 spiro atoms. The maximum atomic E-state index is 11.6. The maximum Gasteiger partial charge on any atom is 0.315 e. The summed E-state index contributed by atoms with van der Waals surface area (Å²) < 4.78 is 0. The van der Waals surface area contributed by atoms with Crippen LogP contribution in [-0.4, -0.2) is 36.3 Å². The summed E-state index contributed by atoms with van der Waals surface area (Å²) in [5, 5.41) is 9.69. The molecule has 2 amide bonds. The molecule has 1 atom stereocenters. The van der Waals surface area contributed by atoms with E-state index >= 15 is 0 Å². The third-order valence-electron chi connectivity index (χ3n) is 2.90. The monoisotopic (exact) mass is 229 g/mol. The molecule has 2 rings (SSSR count). The van der Waals surface area contributed by atoms with Gasteiger partial charge in [0, 0.05) is 6.04 Å². The molecule has 2 fully saturated rings. The van der Waals surface area contributed by atoms with Gasteiger partial charge in [-0.05, 0) is 44.5 Å². The average molecular weight is 229 g/mol. The zero-order valence-electron chi connectivity index (χ0n) is 8.92. The van der Waals surface area contributed by atoms with E-state index in [4.69, 9.17) is 0 Å². The minimum Gasteiger partial charge on any atom is -0.335 e. The highest BCUT2D eigenvalue weighted by Gasteiger charge is 2.20. The Morgan fingerprint density at radius 1 is 1.20 bits per heavy atom. The Kier molecular flexibility index (Phi) is 4.14. The molecule has 0 aromatic heterocycles. The number of thioether (sulfide) groups is 1. The molecule has 1 unspecified atom stereocenters. The van der Waals surface area contributed by atoms with Crippen LogP contribution in [0.5, 0.6) is 0 Å². The van der Waals surface area contributed by atoms with Crippen molar-refractivity contribution in [1.29, 1.82) is 0 Å². The number of urea groups is 1. The smallest absolute Gasteiger partial charge is 0.315 e. The molecule has 0 radical (unpaired) electrons. The SMILES string of the molecule is O=C(NC1CCNCC1)NC1CCCS1. The lowest BCUT2D eigenvalue weighted by molar-refractivity contribution is 0.232. The zero-order chi connectivity index (χ0) is 10.5. The van der Waals surface area contributed by atoms with Crippen molar-refractivity contribution >= 4 is 17.8 Å². The summed E-state index contributed by atoms with van der Waals surface area (Å²) in [6.07, 6.45) is 4.43. The zero-order valence-corrected chi connectivity index (χ0v) is 9.74. The molecule has 5 heteroatoms. The Bertz CT molecular complexity index is 213. The Labute approximate surface area is 94.9 Å². The van der Waals surface area contributed by atoms with Crippen molar-refractivity contribution in [3.8, 4) is 0 Å². The fraction of sp³-hybridized carbons (Fsp3) is 0.900. The van der Waals surface area contributed by atoms with Crippen LogP contribution in [0.1, 0.15) is 25.7 Å². The summed E-state index contributed by atoms with van der Waals surface area (Å²) >= 11 is 1.85. The summed E-state index contributed by atoms with van der Waals surface area (Å²) in [5.41, 5.74) is 0. The van der Waals surface area contributed by atoms with Crippen LogP contribution in [0.25, 0.3) is 0 Å². The third-order valence-corrected chi connectivity index (χ3v) is 4.18. The Morgan fingerprint density at radius 2 is 2.00 bits per heavy atom. The molecule has 3 N–H and O–H groups in total. The molecule has 0 aromatic rings. The van der Waals surface area contributed by atoms with Crippen molar-refractivity contribution in [1.82, 2.24) is 16.0 Å². The molecule has 15 heavy (non-hydrogen) atoms. The molecule has 2 saturated heterocycles. The quantitative estimate of drug-likeness (QED) is 0.659. The Balaban J connectivity index is 1.66. The summed E-state index contributed by atoms with van der Waals surface area (Å²) in [4.78, 5) is 11.6. The highest BCUT2D eigenvalue weighted by atomic mass is 32.2. The molecular weight excluding hydrogens is 210 g/mol. The van der Waals surface area contributed by atoms with Gasteiger partial charge in [-0.25, -0.2) is 4.79 Å². The average Bonchev–Trinajstić information content (AvgIpc) is 2.71. The normalized spacial score (nSPS) is 27.6. The van der Waals surface area contributed by atoms with Gasteiger partial charge in [0.1, 0.15) is 0 Å². The van der Waals surface area contributed by atoms with Gasteiger partial charge >= 0.3 is 6.03 Å². The molecule has 2 aliphatic heterocycles. The molecule has 0 saturated carbocycles. The van der Waals surface area contributed by atoms with Gasteiger partial charge in [-0.15, -0.1) is 11.8 Å². The molecule has 2 heterocycles.